The van der Waals surface area contributed by atoms with Crippen LogP contribution in [-0.2, 0) is 18.3 Å². The molecule has 0 bridgehead atoms. The highest BCUT2D eigenvalue weighted by molar-refractivity contribution is 5.84. The highest BCUT2D eigenvalue weighted by Crippen LogP contribution is 2.43. The molecule has 2 aliphatic carbocycles. The maximum absolute atomic E-state index is 12.6. The van der Waals surface area contributed by atoms with Crippen LogP contribution in [-0.4, -0.2) is 33.9 Å². The summed E-state index contributed by atoms with van der Waals surface area (Å²) in [6, 6.07) is 8.01. The zero-order valence-electron chi connectivity index (χ0n) is 18.3. The van der Waals surface area contributed by atoms with Crippen molar-refractivity contribution >= 4 is 16.9 Å². The van der Waals surface area contributed by atoms with Crippen LogP contribution < -0.4 is 14.8 Å². The number of aromatic nitrogens is 3. The van der Waals surface area contributed by atoms with Gasteiger partial charge in [-0.3, -0.25) is 9.48 Å². The molecule has 1 aromatic carbocycles. The molecule has 7 heteroatoms. The van der Waals surface area contributed by atoms with Crippen molar-refractivity contribution in [3.8, 4) is 11.6 Å². The van der Waals surface area contributed by atoms with Crippen molar-refractivity contribution in [2.24, 2.45) is 7.05 Å². The van der Waals surface area contributed by atoms with Gasteiger partial charge in [0, 0.05) is 24.4 Å². The number of carbonyl (C=O) groups is 1. The molecule has 1 saturated carbocycles. The van der Waals surface area contributed by atoms with Gasteiger partial charge in [-0.1, -0.05) is 6.07 Å². The number of nitrogens with zero attached hydrogens (tertiary/aromatic N) is 3. The number of hydrogen-bond donors (Lipinski definition) is 1. The molecule has 31 heavy (non-hydrogen) atoms. The highest BCUT2D eigenvalue weighted by atomic mass is 16.5. The first kappa shape index (κ1) is 19.8. The van der Waals surface area contributed by atoms with Crippen LogP contribution in [0.3, 0.4) is 0 Å². The van der Waals surface area contributed by atoms with Gasteiger partial charge in [-0.05, 0) is 68.4 Å². The van der Waals surface area contributed by atoms with Gasteiger partial charge in [0.2, 0.25) is 5.88 Å². The summed E-state index contributed by atoms with van der Waals surface area (Å²) in [5, 5.41) is 8.89. The lowest BCUT2D eigenvalue weighted by Gasteiger charge is -2.15. The number of carbonyl (C=O) groups excluding carboxylic acids is 1. The predicted molar refractivity (Wildman–Crippen MR) is 118 cm³/mol. The van der Waals surface area contributed by atoms with E-state index >= 15 is 0 Å². The van der Waals surface area contributed by atoms with E-state index in [1.807, 2.05) is 30.8 Å². The molecule has 1 atom stereocenters. The molecule has 0 spiro atoms. The van der Waals surface area contributed by atoms with Crippen LogP contribution in [0, 0.1) is 6.92 Å². The van der Waals surface area contributed by atoms with Gasteiger partial charge < -0.3 is 14.8 Å². The second-order valence-corrected chi connectivity index (χ2v) is 8.50. The molecule has 5 rings (SSSR count). The summed E-state index contributed by atoms with van der Waals surface area (Å²) in [5.41, 5.74) is 5.44. The molecule has 1 fully saturated rings. The first-order valence-electron chi connectivity index (χ1n) is 11.1. The summed E-state index contributed by atoms with van der Waals surface area (Å²) < 4.78 is 13.2. The van der Waals surface area contributed by atoms with Crippen molar-refractivity contribution in [3.63, 3.8) is 0 Å². The monoisotopic (exact) mass is 420 g/mol. The fourth-order valence-electron chi connectivity index (χ4n) is 4.53. The lowest BCUT2D eigenvalue weighted by Crippen LogP contribution is -2.31. The number of rotatable bonds is 7. The van der Waals surface area contributed by atoms with Gasteiger partial charge >= 0.3 is 0 Å². The minimum absolute atomic E-state index is 0.0112. The van der Waals surface area contributed by atoms with E-state index in [9.17, 15) is 4.79 Å². The Balaban J connectivity index is 1.24. The van der Waals surface area contributed by atoms with E-state index < -0.39 is 0 Å². The molecule has 3 aromatic rings. The number of aryl methyl sites for hydroxylation is 3. The topological polar surface area (TPSA) is 78.3 Å². The summed E-state index contributed by atoms with van der Waals surface area (Å²) in [6.07, 6.45) is 4.21. The van der Waals surface area contributed by atoms with Crippen LogP contribution in [0.25, 0.3) is 11.0 Å². The Morgan fingerprint density at radius 3 is 2.84 bits per heavy atom. The summed E-state index contributed by atoms with van der Waals surface area (Å²) >= 11 is 0. The van der Waals surface area contributed by atoms with Crippen molar-refractivity contribution in [1.82, 2.24) is 20.1 Å². The van der Waals surface area contributed by atoms with E-state index in [4.69, 9.17) is 9.47 Å². The molecule has 2 aliphatic rings. The fraction of sp³-hybridized carbons (Fsp3) is 0.458. The minimum Gasteiger partial charge on any atom is -0.494 e. The predicted octanol–water partition coefficient (Wildman–Crippen LogP) is 3.74. The van der Waals surface area contributed by atoms with Crippen LogP contribution in [0.15, 0.2) is 24.3 Å². The van der Waals surface area contributed by atoms with Gasteiger partial charge in [0.15, 0.2) is 12.3 Å². The molecule has 2 aromatic heterocycles. The molecule has 0 radical (unpaired) electrons. The quantitative estimate of drug-likeness (QED) is 0.630. The third-order valence-corrected chi connectivity index (χ3v) is 6.15. The van der Waals surface area contributed by atoms with Crippen LogP contribution in [0.4, 0.5) is 0 Å². The highest BCUT2D eigenvalue weighted by Gasteiger charge is 2.30. The third-order valence-electron chi connectivity index (χ3n) is 6.15. The lowest BCUT2D eigenvalue weighted by atomic mass is 10.1. The largest absolute Gasteiger partial charge is 0.494 e. The van der Waals surface area contributed by atoms with Gasteiger partial charge in [-0.25, -0.2) is 0 Å². The molecule has 0 unspecified atom stereocenters. The minimum atomic E-state index is -0.144. The van der Waals surface area contributed by atoms with Crippen LogP contribution in [0.2, 0.25) is 0 Å². The third kappa shape index (κ3) is 3.84. The van der Waals surface area contributed by atoms with E-state index in [0.717, 1.165) is 46.4 Å². The Morgan fingerprint density at radius 2 is 2.06 bits per heavy atom. The second-order valence-electron chi connectivity index (χ2n) is 8.50. The second kappa shape index (κ2) is 7.87. The van der Waals surface area contributed by atoms with Gasteiger partial charge in [0.1, 0.15) is 5.75 Å². The number of ether oxygens (including phenoxy) is 2. The number of amides is 1. The molecule has 162 valence electrons. The lowest BCUT2D eigenvalue weighted by molar-refractivity contribution is -0.123. The molecule has 0 saturated heterocycles. The number of nitrogens with one attached hydrogen (secondary N) is 1. The first-order valence-corrected chi connectivity index (χ1v) is 11.1. The summed E-state index contributed by atoms with van der Waals surface area (Å²) in [5.74, 6) is 1.75. The van der Waals surface area contributed by atoms with Crippen LogP contribution in [0.5, 0.6) is 11.6 Å². The first-order chi connectivity index (χ1) is 15.0. The van der Waals surface area contributed by atoms with Crippen LogP contribution >= 0.6 is 0 Å². The maximum atomic E-state index is 12.6. The van der Waals surface area contributed by atoms with Crippen molar-refractivity contribution < 1.29 is 14.3 Å². The fourth-order valence-corrected chi connectivity index (χ4v) is 4.53. The standard InChI is InChI=1S/C24H28N4O3/c1-4-30-17-8-9-18-16(12-17)7-10-19(18)25-20(29)13-31-21-11-14(2)22-23(15-5-6-15)27-28(3)24(22)26-21/h8-9,11-12,15,19H,4-7,10,13H2,1-3H3,(H,25,29)/t19-/m0/s1. The van der Waals surface area contributed by atoms with Gasteiger partial charge in [0.05, 0.1) is 18.3 Å². The summed E-state index contributed by atoms with van der Waals surface area (Å²) in [6.45, 7) is 4.62. The smallest absolute Gasteiger partial charge is 0.258 e. The van der Waals surface area contributed by atoms with Crippen molar-refractivity contribution in [1.29, 1.82) is 0 Å². The van der Waals surface area contributed by atoms with E-state index in [2.05, 4.69) is 34.5 Å². The van der Waals surface area contributed by atoms with Gasteiger partial charge in [0.25, 0.3) is 5.91 Å². The zero-order chi connectivity index (χ0) is 21.5. The van der Waals surface area contributed by atoms with E-state index in [-0.39, 0.29) is 18.6 Å². The van der Waals surface area contributed by atoms with Gasteiger partial charge in [-0.2, -0.15) is 10.1 Å². The number of hydrogen-bond acceptors (Lipinski definition) is 5. The normalized spacial score (nSPS) is 17.6. The molecule has 0 aliphatic heterocycles. The number of benzene rings is 1. The molecule has 1 amide bonds. The summed E-state index contributed by atoms with van der Waals surface area (Å²) in [7, 11) is 1.91. The van der Waals surface area contributed by atoms with E-state index in [1.54, 1.807) is 0 Å². The zero-order valence-corrected chi connectivity index (χ0v) is 18.3. The van der Waals surface area contributed by atoms with Crippen molar-refractivity contribution in [2.75, 3.05) is 13.2 Å². The maximum Gasteiger partial charge on any atom is 0.258 e. The Labute approximate surface area is 181 Å². The van der Waals surface area contributed by atoms with E-state index in [1.165, 1.54) is 18.4 Å². The Kier molecular flexibility index (Phi) is 5.04. The Hall–Kier alpha value is -3.09. The molecular weight excluding hydrogens is 392 g/mol. The molecular formula is C24H28N4O3. The van der Waals surface area contributed by atoms with Crippen molar-refractivity contribution in [2.45, 2.75) is 51.5 Å². The van der Waals surface area contributed by atoms with Crippen LogP contribution in [0.1, 0.15) is 60.5 Å². The molecule has 7 nitrogen and oxygen atoms in total. The number of pyridine rings is 1. The average molecular weight is 421 g/mol. The number of fused-ring (bicyclic) bond motifs is 2. The Morgan fingerprint density at radius 1 is 1.23 bits per heavy atom. The average Bonchev–Trinajstić information content (AvgIpc) is 3.44. The van der Waals surface area contributed by atoms with Crippen molar-refractivity contribution in [3.05, 3.63) is 46.6 Å². The van der Waals surface area contributed by atoms with Gasteiger partial charge in [-0.15, -0.1) is 0 Å². The molecule has 2 heterocycles. The molecule has 1 N–H and O–H groups in total. The Bertz CT molecular complexity index is 1150. The summed E-state index contributed by atoms with van der Waals surface area (Å²) in [4.78, 5) is 17.2. The SMILES string of the molecule is CCOc1ccc2c(c1)CC[C@@H]2NC(=O)COc1cc(C)c2c(C3CC3)nn(C)c2n1. The van der Waals surface area contributed by atoms with E-state index in [0.29, 0.717) is 18.4 Å².